The Bertz CT molecular complexity index is 478. The number of methoxy groups -OCH3 is 1. The number of carbonyl (C=O) groups excluding carboxylic acids is 1. The smallest absolute Gasteiger partial charge is 0.373 e. The molecule has 1 aliphatic rings. The Morgan fingerprint density at radius 3 is 2.76 bits per heavy atom. The van der Waals surface area contributed by atoms with Crippen molar-refractivity contribution < 1.29 is 23.8 Å². The first-order valence-electron chi connectivity index (χ1n) is 7.13. The van der Waals surface area contributed by atoms with Gasteiger partial charge in [-0.3, -0.25) is 4.90 Å². The van der Waals surface area contributed by atoms with Gasteiger partial charge < -0.3 is 19.0 Å². The summed E-state index contributed by atoms with van der Waals surface area (Å²) in [5.74, 6) is 0.380. The van der Waals surface area contributed by atoms with E-state index in [2.05, 4.69) is 4.74 Å². The highest BCUT2D eigenvalue weighted by atomic mass is 16.5. The largest absolute Gasteiger partial charge is 0.463 e. The molecule has 118 valence electrons. The molecule has 0 radical (unpaired) electrons. The van der Waals surface area contributed by atoms with Gasteiger partial charge in [0, 0.05) is 32.6 Å². The molecule has 6 nitrogen and oxygen atoms in total. The van der Waals surface area contributed by atoms with E-state index < -0.39 is 11.6 Å². The maximum atomic E-state index is 11.4. The van der Waals surface area contributed by atoms with Crippen molar-refractivity contribution in [3.63, 3.8) is 0 Å². The van der Waals surface area contributed by atoms with E-state index in [1.54, 1.807) is 12.1 Å². The fourth-order valence-electron chi connectivity index (χ4n) is 2.52. The SMILES string of the molecule is COC(=O)c1ccc(C(C)N(C)CC2(O)CCOCC2)o1. The predicted octanol–water partition coefficient (Wildman–Crippen LogP) is 1.60. The van der Waals surface area contributed by atoms with E-state index in [1.807, 2.05) is 18.9 Å². The highest BCUT2D eigenvalue weighted by Crippen LogP contribution is 2.27. The zero-order valence-corrected chi connectivity index (χ0v) is 12.8. The Kier molecular flexibility index (Phi) is 5.03. The van der Waals surface area contributed by atoms with Crippen molar-refractivity contribution >= 4 is 5.97 Å². The zero-order chi connectivity index (χ0) is 15.5. The molecular formula is C15H23NO5. The molecule has 1 N–H and O–H groups in total. The second kappa shape index (κ2) is 6.60. The molecule has 1 aliphatic heterocycles. The Morgan fingerprint density at radius 1 is 1.48 bits per heavy atom. The first-order chi connectivity index (χ1) is 9.95. The highest BCUT2D eigenvalue weighted by molar-refractivity contribution is 5.86. The monoisotopic (exact) mass is 297 g/mol. The van der Waals surface area contributed by atoms with Gasteiger partial charge in [0.1, 0.15) is 5.76 Å². The summed E-state index contributed by atoms with van der Waals surface area (Å²) in [4.78, 5) is 13.4. The molecule has 0 amide bonds. The van der Waals surface area contributed by atoms with Gasteiger partial charge in [0.05, 0.1) is 18.8 Å². The second-order valence-corrected chi connectivity index (χ2v) is 5.62. The molecule has 0 aliphatic carbocycles. The number of ether oxygens (including phenoxy) is 2. The van der Waals surface area contributed by atoms with Crippen LogP contribution in [-0.4, -0.2) is 55.5 Å². The maximum Gasteiger partial charge on any atom is 0.373 e. The molecule has 1 aromatic rings. The fraction of sp³-hybridized carbons (Fsp3) is 0.667. The third-order valence-corrected chi connectivity index (χ3v) is 4.05. The van der Waals surface area contributed by atoms with Crippen molar-refractivity contribution in [2.75, 3.05) is 33.9 Å². The molecule has 0 bridgehead atoms. The molecule has 1 fully saturated rings. The minimum atomic E-state index is -0.723. The van der Waals surface area contributed by atoms with E-state index in [-0.39, 0.29) is 11.8 Å². The van der Waals surface area contributed by atoms with Crippen LogP contribution in [-0.2, 0) is 9.47 Å². The van der Waals surface area contributed by atoms with Crippen molar-refractivity contribution in [1.29, 1.82) is 0 Å². The third-order valence-electron chi connectivity index (χ3n) is 4.05. The Morgan fingerprint density at radius 2 is 2.14 bits per heavy atom. The average molecular weight is 297 g/mol. The number of carbonyl (C=O) groups is 1. The van der Waals surface area contributed by atoms with E-state index in [0.717, 1.165) is 0 Å². The van der Waals surface area contributed by atoms with E-state index >= 15 is 0 Å². The van der Waals surface area contributed by atoms with Gasteiger partial charge in [0.2, 0.25) is 5.76 Å². The molecule has 0 aromatic carbocycles. The van der Waals surface area contributed by atoms with Crippen LogP contribution in [0.15, 0.2) is 16.5 Å². The van der Waals surface area contributed by atoms with Crippen LogP contribution in [0.25, 0.3) is 0 Å². The summed E-state index contributed by atoms with van der Waals surface area (Å²) >= 11 is 0. The number of hydrogen-bond acceptors (Lipinski definition) is 6. The summed E-state index contributed by atoms with van der Waals surface area (Å²) in [6, 6.07) is 3.33. The quantitative estimate of drug-likeness (QED) is 0.832. The molecule has 0 saturated carbocycles. The topological polar surface area (TPSA) is 72.1 Å². The number of furan rings is 1. The summed E-state index contributed by atoms with van der Waals surface area (Å²) in [5, 5.41) is 10.5. The Labute approximate surface area is 124 Å². The number of likely N-dealkylation sites (N-methyl/N-ethyl adjacent to an activating group) is 1. The van der Waals surface area contributed by atoms with Crippen LogP contribution < -0.4 is 0 Å². The van der Waals surface area contributed by atoms with Gasteiger partial charge in [-0.1, -0.05) is 0 Å². The summed E-state index contributed by atoms with van der Waals surface area (Å²) in [6.07, 6.45) is 1.27. The van der Waals surface area contributed by atoms with E-state index in [0.29, 0.717) is 38.4 Å². The summed E-state index contributed by atoms with van der Waals surface area (Å²) < 4.78 is 15.4. The summed E-state index contributed by atoms with van der Waals surface area (Å²) in [6.45, 7) is 3.69. The molecule has 6 heteroatoms. The summed E-state index contributed by atoms with van der Waals surface area (Å²) in [5.41, 5.74) is -0.723. The molecule has 21 heavy (non-hydrogen) atoms. The van der Waals surface area contributed by atoms with Crippen LogP contribution in [0.4, 0.5) is 0 Å². The first-order valence-corrected chi connectivity index (χ1v) is 7.13. The summed E-state index contributed by atoms with van der Waals surface area (Å²) in [7, 11) is 3.25. The fourth-order valence-corrected chi connectivity index (χ4v) is 2.52. The average Bonchev–Trinajstić information content (AvgIpc) is 2.95. The van der Waals surface area contributed by atoms with Gasteiger partial charge in [0.25, 0.3) is 0 Å². The van der Waals surface area contributed by atoms with Gasteiger partial charge >= 0.3 is 5.97 Å². The number of nitrogens with zero attached hydrogens (tertiary/aromatic N) is 1. The van der Waals surface area contributed by atoms with E-state index in [4.69, 9.17) is 9.15 Å². The van der Waals surface area contributed by atoms with Crippen LogP contribution in [0, 0.1) is 0 Å². The minimum absolute atomic E-state index is 0.0460. The van der Waals surface area contributed by atoms with Crippen LogP contribution in [0.3, 0.4) is 0 Å². The van der Waals surface area contributed by atoms with Gasteiger partial charge in [-0.05, 0) is 26.1 Å². The highest BCUT2D eigenvalue weighted by Gasteiger charge is 2.33. The van der Waals surface area contributed by atoms with Crippen LogP contribution >= 0.6 is 0 Å². The Hall–Kier alpha value is -1.37. The molecule has 0 spiro atoms. The van der Waals surface area contributed by atoms with Gasteiger partial charge in [-0.2, -0.15) is 0 Å². The lowest BCUT2D eigenvalue weighted by Gasteiger charge is -2.37. The molecule has 1 atom stereocenters. The Balaban J connectivity index is 1.99. The maximum absolute atomic E-state index is 11.4. The van der Waals surface area contributed by atoms with Crippen molar-refractivity contribution in [3.05, 3.63) is 23.7 Å². The normalized spacial score (nSPS) is 19.5. The van der Waals surface area contributed by atoms with Crippen molar-refractivity contribution in [1.82, 2.24) is 4.90 Å². The number of rotatable bonds is 5. The molecule has 1 aromatic heterocycles. The molecular weight excluding hydrogens is 274 g/mol. The van der Waals surface area contributed by atoms with E-state index in [9.17, 15) is 9.90 Å². The number of hydrogen-bond donors (Lipinski definition) is 1. The standard InChI is InChI=1S/C15H23NO5/c1-11(12-4-5-13(21-12)14(17)19-3)16(2)10-15(18)6-8-20-9-7-15/h4-5,11,18H,6-10H2,1-3H3. The van der Waals surface area contributed by atoms with Gasteiger partial charge in [-0.15, -0.1) is 0 Å². The van der Waals surface area contributed by atoms with Crippen molar-refractivity contribution in [2.45, 2.75) is 31.4 Å². The van der Waals surface area contributed by atoms with Crippen LogP contribution in [0.2, 0.25) is 0 Å². The molecule has 2 heterocycles. The van der Waals surface area contributed by atoms with Crippen molar-refractivity contribution in [3.8, 4) is 0 Å². The zero-order valence-electron chi connectivity index (χ0n) is 12.8. The molecule has 1 saturated heterocycles. The first kappa shape index (κ1) is 16.0. The van der Waals surface area contributed by atoms with Crippen LogP contribution in [0.1, 0.15) is 42.1 Å². The molecule has 2 rings (SSSR count). The number of aliphatic hydroxyl groups is 1. The lowest BCUT2D eigenvalue weighted by atomic mass is 9.93. The second-order valence-electron chi connectivity index (χ2n) is 5.62. The minimum Gasteiger partial charge on any atom is -0.463 e. The lowest BCUT2D eigenvalue weighted by Crippen LogP contribution is -2.46. The molecule has 1 unspecified atom stereocenters. The van der Waals surface area contributed by atoms with Gasteiger partial charge in [0.15, 0.2) is 0 Å². The van der Waals surface area contributed by atoms with Crippen molar-refractivity contribution in [2.24, 2.45) is 0 Å². The van der Waals surface area contributed by atoms with Crippen LogP contribution in [0.5, 0.6) is 0 Å². The predicted molar refractivity (Wildman–Crippen MR) is 76.1 cm³/mol. The number of esters is 1. The third kappa shape index (κ3) is 3.84. The van der Waals surface area contributed by atoms with Gasteiger partial charge in [-0.25, -0.2) is 4.79 Å². The lowest BCUT2D eigenvalue weighted by molar-refractivity contribution is -0.0816. The van der Waals surface area contributed by atoms with E-state index in [1.165, 1.54) is 7.11 Å².